The van der Waals surface area contributed by atoms with Crippen molar-refractivity contribution in [2.45, 2.75) is 6.92 Å². The highest BCUT2D eigenvalue weighted by molar-refractivity contribution is 9.28. The molecule has 0 radical (unpaired) electrons. The Bertz CT molecular complexity index is 328. The van der Waals surface area contributed by atoms with Gasteiger partial charge < -0.3 is 4.74 Å². The zero-order chi connectivity index (χ0) is 9.84. The van der Waals surface area contributed by atoms with Gasteiger partial charge in [-0.05, 0) is 68.1 Å². The van der Waals surface area contributed by atoms with Gasteiger partial charge in [0.1, 0.15) is 5.75 Å². The molecule has 0 heterocycles. The molecular formula is C10H10Br2O. The molecule has 0 spiro atoms. The molecule has 0 saturated carbocycles. The van der Waals surface area contributed by atoms with Gasteiger partial charge in [-0.1, -0.05) is 6.07 Å². The third kappa shape index (κ3) is 3.16. The molecule has 1 rings (SSSR count). The van der Waals surface area contributed by atoms with Gasteiger partial charge in [-0.25, -0.2) is 0 Å². The van der Waals surface area contributed by atoms with E-state index in [1.807, 2.05) is 24.3 Å². The molecule has 0 aromatic heterocycles. The van der Waals surface area contributed by atoms with Gasteiger partial charge in [0.05, 0.1) is 10.5 Å². The van der Waals surface area contributed by atoms with Gasteiger partial charge in [0.2, 0.25) is 0 Å². The van der Waals surface area contributed by atoms with Crippen molar-refractivity contribution in [1.29, 1.82) is 0 Å². The van der Waals surface area contributed by atoms with Crippen molar-refractivity contribution < 1.29 is 4.74 Å². The summed E-state index contributed by atoms with van der Waals surface area (Å²) in [5.41, 5.74) is 2.36. The van der Waals surface area contributed by atoms with Crippen LogP contribution >= 0.6 is 31.9 Å². The summed E-state index contributed by atoms with van der Waals surface area (Å²) in [6.45, 7) is 2.05. The molecule has 0 aliphatic heterocycles. The molecule has 3 heteroatoms. The number of methoxy groups -OCH3 is 1. The number of halogens is 2. The Hall–Kier alpha value is -0.280. The molecule has 1 aromatic carbocycles. The fourth-order valence-electron chi connectivity index (χ4n) is 1.05. The average Bonchev–Trinajstić information content (AvgIpc) is 2.08. The van der Waals surface area contributed by atoms with Gasteiger partial charge in [0.15, 0.2) is 0 Å². The molecule has 13 heavy (non-hydrogen) atoms. The van der Waals surface area contributed by atoms with Crippen LogP contribution in [-0.2, 0) is 0 Å². The van der Waals surface area contributed by atoms with Crippen molar-refractivity contribution in [1.82, 2.24) is 0 Å². The predicted octanol–water partition coefficient (Wildman–Crippen LogP) is 4.09. The van der Waals surface area contributed by atoms with Gasteiger partial charge in [0, 0.05) is 0 Å². The first-order valence-electron chi connectivity index (χ1n) is 3.81. The topological polar surface area (TPSA) is 9.23 Å². The molecule has 0 atom stereocenters. The van der Waals surface area contributed by atoms with Crippen molar-refractivity contribution in [3.05, 3.63) is 32.7 Å². The van der Waals surface area contributed by atoms with Crippen LogP contribution in [0.25, 0.3) is 6.08 Å². The number of ether oxygens (including phenoxy) is 1. The molecule has 0 N–H and O–H groups in total. The lowest BCUT2D eigenvalue weighted by atomic mass is 10.1. The minimum atomic E-state index is 0.889. The van der Waals surface area contributed by atoms with Crippen molar-refractivity contribution in [3.8, 4) is 5.75 Å². The first kappa shape index (κ1) is 10.8. The first-order valence-corrected chi connectivity index (χ1v) is 5.39. The van der Waals surface area contributed by atoms with E-state index in [2.05, 4.69) is 38.8 Å². The fourth-order valence-corrected chi connectivity index (χ4v) is 1.55. The van der Waals surface area contributed by atoms with Crippen LogP contribution in [0.15, 0.2) is 21.6 Å². The lowest BCUT2D eigenvalue weighted by Crippen LogP contribution is -1.85. The number of benzene rings is 1. The van der Waals surface area contributed by atoms with Crippen molar-refractivity contribution in [3.63, 3.8) is 0 Å². The molecule has 0 aliphatic rings. The molecule has 0 amide bonds. The molecule has 0 unspecified atom stereocenters. The second-order valence-electron chi connectivity index (χ2n) is 2.66. The molecule has 0 saturated heterocycles. The monoisotopic (exact) mass is 304 g/mol. The van der Waals surface area contributed by atoms with Gasteiger partial charge in [-0.3, -0.25) is 0 Å². The van der Waals surface area contributed by atoms with Crippen molar-refractivity contribution in [2.75, 3.05) is 7.11 Å². The highest BCUT2D eigenvalue weighted by Gasteiger charge is 1.97. The summed E-state index contributed by atoms with van der Waals surface area (Å²) in [4.78, 5) is 0. The summed E-state index contributed by atoms with van der Waals surface area (Å²) in [7, 11) is 1.67. The summed E-state index contributed by atoms with van der Waals surface area (Å²) >= 11 is 6.65. The summed E-state index contributed by atoms with van der Waals surface area (Å²) in [5, 5.41) is 0. The Morgan fingerprint density at radius 1 is 1.38 bits per heavy atom. The zero-order valence-electron chi connectivity index (χ0n) is 7.47. The minimum absolute atomic E-state index is 0.889. The SMILES string of the molecule is COc1ccc(C=C(Br)Br)c(C)c1. The lowest BCUT2D eigenvalue weighted by Gasteiger charge is -2.03. The summed E-state index contributed by atoms with van der Waals surface area (Å²) in [5.74, 6) is 0.889. The Kier molecular flexibility index (Phi) is 4.00. The summed E-state index contributed by atoms with van der Waals surface area (Å²) < 4.78 is 6.05. The molecule has 0 fully saturated rings. The largest absolute Gasteiger partial charge is 0.497 e. The molecule has 0 bridgehead atoms. The van der Waals surface area contributed by atoms with Crippen LogP contribution in [0.5, 0.6) is 5.75 Å². The summed E-state index contributed by atoms with van der Waals surface area (Å²) in [6.07, 6.45) is 2.01. The van der Waals surface area contributed by atoms with Crippen LogP contribution in [0.3, 0.4) is 0 Å². The fraction of sp³-hybridized carbons (Fsp3) is 0.200. The third-order valence-electron chi connectivity index (χ3n) is 1.74. The van der Waals surface area contributed by atoms with Crippen LogP contribution in [0.2, 0.25) is 0 Å². The Balaban J connectivity index is 3.05. The second kappa shape index (κ2) is 4.82. The van der Waals surface area contributed by atoms with E-state index in [1.54, 1.807) is 7.11 Å². The number of hydrogen-bond acceptors (Lipinski definition) is 1. The van der Waals surface area contributed by atoms with Crippen LogP contribution in [-0.4, -0.2) is 7.11 Å². The van der Waals surface area contributed by atoms with E-state index in [1.165, 1.54) is 11.1 Å². The van der Waals surface area contributed by atoms with Gasteiger partial charge in [-0.15, -0.1) is 0 Å². The third-order valence-corrected chi connectivity index (χ3v) is 2.20. The van der Waals surface area contributed by atoms with Crippen LogP contribution in [0.4, 0.5) is 0 Å². The van der Waals surface area contributed by atoms with E-state index in [0.717, 1.165) is 9.14 Å². The molecule has 1 aromatic rings. The molecular weight excluding hydrogens is 296 g/mol. The molecule has 70 valence electrons. The van der Waals surface area contributed by atoms with E-state index >= 15 is 0 Å². The summed E-state index contributed by atoms with van der Waals surface area (Å²) in [6, 6.07) is 5.98. The predicted molar refractivity (Wildman–Crippen MR) is 63.6 cm³/mol. The normalized spacial score (nSPS) is 9.54. The van der Waals surface area contributed by atoms with E-state index in [4.69, 9.17) is 4.74 Å². The standard InChI is InChI=1S/C10H10Br2O/c1-7-5-9(13-2)4-3-8(7)6-10(11)12/h3-6H,1-2H3. The molecule has 1 nitrogen and oxygen atoms in total. The Morgan fingerprint density at radius 2 is 2.08 bits per heavy atom. The van der Waals surface area contributed by atoms with E-state index in [9.17, 15) is 0 Å². The molecule has 0 aliphatic carbocycles. The maximum absolute atomic E-state index is 5.11. The highest BCUT2D eigenvalue weighted by Crippen LogP contribution is 2.23. The second-order valence-corrected chi connectivity index (χ2v) is 5.43. The van der Waals surface area contributed by atoms with Crippen LogP contribution in [0.1, 0.15) is 11.1 Å². The Morgan fingerprint density at radius 3 is 2.54 bits per heavy atom. The van der Waals surface area contributed by atoms with Crippen LogP contribution in [0, 0.1) is 6.92 Å². The van der Waals surface area contributed by atoms with Gasteiger partial charge in [-0.2, -0.15) is 0 Å². The van der Waals surface area contributed by atoms with Gasteiger partial charge >= 0.3 is 0 Å². The maximum Gasteiger partial charge on any atom is 0.119 e. The zero-order valence-corrected chi connectivity index (χ0v) is 10.6. The number of hydrogen-bond donors (Lipinski definition) is 0. The minimum Gasteiger partial charge on any atom is -0.497 e. The number of rotatable bonds is 2. The van der Waals surface area contributed by atoms with Crippen LogP contribution < -0.4 is 4.74 Å². The maximum atomic E-state index is 5.11. The van der Waals surface area contributed by atoms with E-state index in [-0.39, 0.29) is 0 Å². The van der Waals surface area contributed by atoms with Crippen molar-refractivity contribution in [2.24, 2.45) is 0 Å². The average molecular weight is 306 g/mol. The quantitative estimate of drug-likeness (QED) is 0.799. The van der Waals surface area contributed by atoms with Crippen molar-refractivity contribution >= 4 is 37.9 Å². The lowest BCUT2D eigenvalue weighted by molar-refractivity contribution is 0.414. The highest BCUT2D eigenvalue weighted by atomic mass is 79.9. The first-order chi connectivity index (χ1) is 6.13. The number of aryl methyl sites for hydroxylation is 1. The smallest absolute Gasteiger partial charge is 0.119 e. The van der Waals surface area contributed by atoms with Gasteiger partial charge in [0.25, 0.3) is 0 Å². The van der Waals surface area contributed by atoms with E-state index in [0.29, 0.717) is 0 Å². The van der Waals surface area contributed by atoms with E-state index < -0.39 is 0 Å². The Labute approximate surface area is 95.1 Å².